The van der Waals surface area contributed by atoms with Gasteiger partial charge >= 0.3 is 0 Å². The third-order valence-electron chi connectivity index (χ3n) is 4.48. The van der Waals surface area contributed by atoms with Gasteiger partial charge in [-0.3, -0.25) is 0 Å². The molecule has 2 heterocycles. The van der Waals surface area contributed by atoms with Crippen molar-refractivity contribution in [1.82, 2.24) is 14.5 Å². The summed E-state index contributed by atoms with van der Waals surface area (Å²) in [7, 11) is 0. The zero-order chi connectivity index (χ0) is 15.0. The molecular weight excluding hydrogens is 326 g/mol. The molecule has 1 saturated carbocycles. The van der Waals surface area contributed by atoms with E-state index in [1.54, 1.807) is 0 Å². The molecule has 0 bridgehead atoms. The lowest BCUT2D eigenvalue weighted by Gasteiger charge is -2.29. The van der Waals surface area contributed by atoms with Gasteiger partial charge in [0, 0.05) is 12.5 Å². The number of imidazole rings is 1. The molecule has 4 heteroatoms. The summed E-state index contributed by atoms with van der Waals surface area (Å²) in [5.41, 5.74) is 2.28. The summed E-state index contributed by atoms with van der Waals surface area (Å²) in [5, 5.41) is 0. The minimum absolute atomic E-state index is 0.599. The molecule has 114 valence electrons. The van der Waals surface area contributed by atoms with Gasteiger partial charge in [0.1, 0.15) is 15.9 Å². The minimum Gasteiger partial charge on any atom is -0.325 e. The molecule has 0 aromatic carbocycles. The van der Waals surface area contributed by atoms with Crippen LogP contribution in [0.25, 0.3) is 11.0 Å². The van der Waals surface area contributed by atoms with E-state index in [0.717, 1.165) is 22.5 Å². The van der Waals surface area contributed by atoms with Crippen LogP contribution in [-0.2, 0) is 6.42 Å². The van der Waals surface area contributed by atoms with Gasteiger partial charge < -0.3 is 4.57 Å². The molecule has 1 fully saturated rings. The van der Waals surface area contributed by atoms with Crippen molar-refractivity contribution in [3.63, 3.8) is 0 Å². The van der Waals surface area contributed by atoms with Gasteiger partial charge in [-0.1, -0.05) is 33.6 Å². The van der Waals surface area contributed by atoms with Crippen molar-refractivity contribution in [1.29, 1.82) is 0 Å². The number of nitrogens with zero attached hydrogens (tertiary/aromatic N) is 3. The van der Waals surface area contributed by atoms with Crippen molar-refractivity contribution in [2.24, 2.45) is 11.8 Å². The first-order valence-electron chi connectivity index (χ1n) is 8.07. The van der Waals surface area contributed by atoms with Gasteiger partial charge in [-0.25, -0.2) is 9.97 Å². The normalized spacial score (nSPS) is 23.1. The van der Waals surface area contributed by atoms with Crippen molar-refractivity contribution in [3.8, 4) is 0 Å². The SMILES string of the molecule is CC(C)Cc1nc2cnc(Br)cc2n1C1CCCC(C)C1. The van der Waals surface area contributed by atoms with Gasteiger partial charge in [-0.2, -0.15) is 0 Å². The first-order chi connectivity index (χ1) is 10.0. The number of pyridine rings is 1. The van der Waals surface area contributed by atoms with Gasteiger partial charge in [-0.05, 0) is 46.7 Å². The van der Waals surface area contributed by atoms with E-state index < -0.39 is 0 Å². The van der Waals surface area contributed by atoms with Gasteiger partial charge in [0.25, 0.3) is 0 Å². The zero-order valence-corrected chi connectivity index (χ0v) is 14.7. The van der Waals surface area contributed by atoms with E-state index in [4.69, 9.17) is 4.98 Å². The topological polar surface area (TPSA) is 30.7 Å². The van der Waals surface area contributed by atoms with Crippen LogP contribution < -0.4 is 0 Å². The number of hydrogen-bond donors (Lipinski definition) is 0. The Kier molecular flexibility index (Phi) is 4.34. The molecule has 21 heavy (non-hydrogen) atoms. The summed E-state index contributed by atoms with van der Waals surface area (Å²) in [6, 6.07) is 2.73. The number of halogens is 1. The van der Waals surface area contributed by atoms with Crippen molar-refractivity contribution in [3.05, 3.63) is 22.7 Å². The van der Waals surface area contributed by atoms with E-state index in [1.807, 2.05) is 6.20 Å². The first kappa shape index (κ1) is 15.0. The fourth-order valence-electron chi connectivity index (χ4n) is 3.58. The molecule has 2 aromatic rings. The molecule has 3 rings (SSSR count). The maximum Gasteiger partial charge on any atom is 0.110 e. The number of rotatable bonds is 3. The molecule has 2 aromatic heterocycles. The predicted octanol–water partition coefficient (Wildman–Crippen LogP) is 5.14. The summed E-state index contributed by atoms with van der Waals surface area (Å²) >= 11 is 3.51. The molecule has 0 spiro atoms. The second-order valence-electron chi connectivity index (χ2n) is 6.92. The summed E-state index contributed by atoms with van der Waals surface area (Å²) in [4.78, 5) is 9.22. The smallest absolute Gasteiger partial charge is 0.110 e. The Balaban J connectivity index is 2.09. The van der Waals surface area contributed by atoms with E-state index in [9.17, 15) is 0 Å². The highest BCUT2D eigenvalue weighted by molar-refractivity contribution is 9.10. The summed E-state index contributed by atoms with van der Waals surface area (Å²) in [5.74, 6) is 2.68. The Hall–Kier alpha value is -0.900. The van der Waals surface area contributed by atoms with Gasteiger partial charge in [-0.15, -0.1) is 0 Å². The fourth-order valence-corrected chi connectivity index (χ4v) is 3.90. The Bertz CT molecular complexity index is 632. The maximum atomic E-state index is 4.87. The zero-order valence-electron chi connectivity index (χ0n) is 13.1. The highest BCUT2D eigenvalue weighted by Crippen LogP contribution is 2.36. The number of fused-ring (bicyclic) bond motifs is 1. The van der Waals surface area contributed by atoms with E-state index in [2.05, 4.69) is 52.3 Å². The van der Waals surface area contributed by atoms with Crippen molar-refractivity contribution < 1.29 is 0 Å². The van der Waals surface area contributed by atoms with Crippen LogP contribution in [-0.4, -0.2) is 14.5 Å². The quantitative estimate of drug-likeness (QED) is 0.718. The van der Waals surface area contributed by atoms with Crippen LogP contribution in [0, 0.1) is 11.8 Å². The second kappa shape index (κ2) is 6.07. The Labute approximate surface area is 135 Å². The Morgan fingerprint density at radius 3 is 2.90 bits per heavy atom. The molecule has 2 unspecified atom stereocenters. The highest BCUT2D eigenvalue weighted by Gasteiger charge is 2.25. The largest absolute Gasteiger partial charge is 0.325 e. The van der Waals surface area contributed by atoms with E-state index in [-0.39, 0.29) is 0 Å². The van der Waals surface area contributed by atoms with Crippen LogP contribution in [0.15, 0.2) is 16.9 Å². The highest BCUT2D eigenvalue weighted by atomic mass is 79.9. The number of hydrogen-bond acceptors (Lipinski definition) is 2. The lowest BCUT2D eigenvalue weighted by molar-refractivity contribution is 0.281. The Morgan fingerprint density at radius 1 is 1.38 bits per heavy atom. The molecule has 1 aliphatic carbocycles. The molecule has 0 radical (unpaired) electrons. The van der Waals surface area contributed by atoms with Gasteiger partial charge in [0.2, 0.25) is 0 Å². The summed E-state index contributed by atoms with van der Waals surface area (Å²) < 4.78 is 3.41. The molecule has 0 N–H and O–H groups in total. The van der Waals surface area contributed by atoms with E-state index in [0.29, 0.717) is 12.0 Å². The summed E-state index contributed by atoms with van der Waals surface area (Å²) in [6.07, 6.45) is 8.19. The van der Waals surface area contributed by atoms with Crippen LogP contribution >= 0.6 is 15.9 Å². The third-order valence-corrected chi connectivity index (χ3v) is 4.91. The van der Waals surface area contributed by atoms with Gasteiger partial charge in [0.05, 0.1) is 11.7 Å². The second-order valence-corrected chi connectivity index (χ2v) is 7.73. The van der Waals surface area contributed by atoms with Gasteiger partial charge in [0.15, 0.2) is 0 Å². The molecular formula is C17H24BrN3. The van der Waals surface area contributed by atoms with Crippen molar-refractivity contribution in [2.75, 3.05) is 0 Å². The van der Waals surface area contributed by atoms with Crippen LogP contribution in [0.4, 0.5) is 0 Å². The number of aromatic nitrogens is 3. The summed E-state index contributed by atoms with van der Waals surface area (Å²) in [6.45, 7) is 6.91. The maximum absolute atomic E-state index is 4.87. The Morgan fingerprint density at radius 2 is 2.19 bits per heavy atom. The van der Waals surface area contributed by atoms with Crippen LogP contribution in [0.3, 0.4) is 0 Å². The van der Waals surface area contributed by atoms with Crippen LogP contribution in [0.2, 0.25) is 0 Å². The van der Waals surface area contributed by atoms with Crippen LogP contribution in [0.5, 0.6) is 0 Å². The molecule has 0 amide bonds. The fraction of sp³-hybridized carbons (Fsp3) is 0.647. The molecule has 1 aliphatic rings. The molecule has 3 nitrogen and oxygen atoms in total. The minimum atomic E-state index is 0.599. The van der Waals surface area contributed by atoms with Crippen molar-refractivity contribution >= 4 is 27.0 Å². The average molecular weight is 350 g/mol. The molecule has 0 aliphatic heterocycles. The lowest BCUT2D eigenvalue weighted by atomic mass is 9.86. The van der Waals surface area contributed by atoms with Crippen molar-refractivity contribution in [2.45, 2.75) is 58.9 Å². The van der Waals surface area contributed by atoms with Crippen LogP contribution in [0.1, 0.15) is 58.3 Å². The molecule has 2 atom stereocenters. The standard InChI is InChI=1S/C17H24BrN3/c1-11(2)7-17-20-14-10-19-16(18)9-15(14)21(17)13-6-4-5-12(3)8-13/h9-13H,4-8H2,1-3H3. The average Bonchev–Trinajstić information content (AvgIpc) is 2.75. The first-order valence-corrected chi connectivity index (χ1v) is 8.86. The molecule has 0 saturated heterocycles. The predicted molar refractivity (Wildman–Crippen MR) is 90.4 cm³/mol. The lowest BCUT2D eigenvalue weighted by Crippen LogP contribution is -2.20. The van der Waals surface area contributed by atoms with E-state index >= 15 is 0 Å². The van der Waals surface area contributed by atoms with E-state index in [1.165, 1.54) is 37.0 Å². The monoisotopic (exact) mass is 349 g/mol. The third kappa shape index (κ3) is 3.15.